The third kappa shape index (κ3) is 1.25. The summed E-state index contributed by atoms with van der Waals surface area (Å²) in [5.41, 5.74) is 0. The van der Waals surface area contributed by atoms with Crippen LogP contribution in [-0.2, 0) is 0 Å². The molecule has 7 atom stereocenters. The van der Waals surface area contributed by atoms with Crippen molar-refractivity contribution in [2.75, 3.05) is 0 Å². The topological polar surface area (TPSA) is 20.2 Å². The van der Waals surface area contributed by atoms with Gasteiger partial charge in [-0.3, -0.25) is 0 Å². The molecule has 0 aromatic carbocycles. The average Bonchev–Trinajstić information content (AvgIpc) is 2.95. The predicted molar refractivity (Wildman–Crippen MR) is 54.6 cm³/mol. The van der Waals surface area contributed by atoms with Gasteiger partial charge in [0, 0.05) is 0 Å². The molecule has 14 heavy (non-hydrogen) atoms. The van der Waals surface area contributed by atoms with Crippen LogP contribution < -0.4 is 0 Å². The Labute approximate surface area is 85.9 Å². The van der Waals surface area contributed by atoms with Gasteiger partial charge in [-0.15, -0.1) is 0 Å². The monoisotopic (exact) mass is 192 g/mol. The van der Waals surface area contributed by atoms with Crippen molar-refractivity contribution in [3.8, 4) is 0 Å². The maximum atomic E-state index is 10.0. The van der Waals surface area contributed by atoms with Crippen LogP contribution in [0.2, 0.25) is 0 Å². The summed E-state index contributed by atoms with van der Waals surface area (Å²) < 4.78 is 0. The standard InChI is InChI=1S/C13H20O/c14-13-6-10-3-8(10)1-7-2-9(7)4-11-5-12(11)13/h7-14H,1-6H2. The van der Waals surface area contributed by atoms with Crippen molar-refractivity contribution in [1.29, 1.82) is 0 Å². The van der Waals surface area contributed by atoms with Crippen LogP contribution in [0, 0.1) is 35.5 Å². The Hall–Kier alpha value is -0.0400. The normalized spacial score (nSPS) is 64.5. The minimum absolute atomic E-state index is 0.0744. The van der Waals surface area contributed by atoms with Gasteiger partial charge in [-0.2, -0.15) is 0 Å². The van der Waals surface area contributed by atoms with Crippen molar-refractivity contribution in [3.63, 3.8) is 0 Å². The molecule has 0 bridgehead atoms. The predicted octanol–water partition coefficient (Wildman–Crippen LogP) is 2.44. The van der Waals surface area contributed by atoms with Gasteiger partial charge in [-0.05, 0) is 74.0 Å². The zero-order valence-corrected chi connectivity index (χ0v) is 8.73. The van der Waals surface area contributed by atoms with Crippen LogP contribution in [0.25, 0.3) is 0 Å². The molecule has 4 aliphatic rings. The highest BCUT2D eigenvalue weighted by atomic mass is 16.3. The quantitative estimate of drug-likeness (QED) is 0.625. The Kier molecular flexibility index (Phi) is 1.49. The van der Waals surface area contributed by atoms with Gasteiger partial charge < -0.3 is 5.11 Å². The second kappa shape index (κ2) is 2.55. The molecule has 0 aromatic rings. The van der Waals surface area contributed by atoms with Crippen LogP contribution in [0.3, 0.4) is 0 Å². The van der Waals surface area contributed by atoms with Crippen molar-refractivity contribution < 1.29 is 5.11 Å². The number of rotatable bonds is 0. The molecule has 0 radical (unpaired) electrons. The highest BCUT2D eigenvalue weighted by Gasteiger charge is 2.53. The second-order valence-electron chi connectivity index (χ2n) is 6.45. The fourth-order valence-corrected chi connectivity index (χ4v) is 4.05. The first kappa shape index (κ1) is 8.15. The number of aliphatic hydroxyl groups excluding tert-OH is 1. The molecule has 1 heteroatoms. The zero-order valence-electron chi connectivity index (χ0n) is 8.73. The van der Waals surface area contributed by atoms with E-state index >= 15 is 0 Å². The van der Waals surface area contributed by atoms with E-state index in [0.717, 1.165) is 41.9 Å². The molecule has 4 fully saturated rings. The molecular formula is C13H20O. The van der Waals surface area contributed by atoms with Crippen LogP contribution in [0.1, 0.15) is 38.5 Å². The van der Waals surface area contributed by atoms with Gasteiger partial charge in [0.25, 0.3) is 0 Å². The van der Waals surface area contributed by atoms with Crippen LogP contribution in [0.15, 0.2) is 0 Å². The molecule has 4 aliphatic carbocycles. The number of hydrogen-bond donors (Lipinski definition) is 1. The lowest BCUT2D eigenvalue weighted by Crippen LogP contribution is -2.13. The molecular weight excluding hydrogens is 172 g/mol. The van der Waals surface area contributed by atoms with Gasteiger partial charge in [-0.1, -0.05) is 0 Å². The molecule has 0 amide bonds. The number of fused-ring (bicyclic) bond motifs is 3. The summed E-state index contributed by atoms with van der Waals surface area (Å²) in [6.45, 7) is 0. The van der Waals surface area contributed by atoms with Crippen molar-refractivity contribution in [3.05, 3.63) is 0 Å². The summed E-state index contributed by atoms with van der Waals surface area (Å²) in [4.78, 5) is 0. The van der Waals surface area contributed by atoms with E-state index in [1.807, 2.05) is 0 Å². The van der Waals surface area contributed by atoms with E-state index in [1.54, 1.807) is 0 Å². The van der Waals surface area contributed by atoms with Crippen LogP contribution in [-0.4, -0.2) is 11.2 Å². The molecule has 0 spiro atoms. The first-order valence-electron chi connectivity index (χ1n) is 6.49. The summed E-state index contributed by atoms with van der Waals surface area (Å²) in [7, 11) is 0. The Bertz CT molecular complexity index is 262. The van der Waals surface area contributed by atoms with E-state index in [2.05, 4.69) is 0 Å². The number of aliphatic hydroxyl groups is 1. The van der Waals surface area contributed by atoms with Gasteiger partial charge in [0.05, 0.1) is 6.10 Å². The Morgan fingerprint density at radius 1 is 0.571 bits per heavy atom. The van der Waals surface area contributed by atoms with E-state index in [0.29, 0.717) is 0 Å². The first-order chi connectivity index (χ1) is 6.81. The maximum absolute atomic E-state index is 10.0. The minimum atomic E-state index is 0.0744. The molecule has 0 heterocycles. The molecule has 0 saturated heterocycles. The molecule has 1 nitrogen and oxygen atoms in total. The van der Waals surface area contributed by atoms with E-state index in [4.69, 9.17) is 0 Å². The molecule has 0 aliphatic heterocycles. The third-order valence-electron chi connectivity index (χ3n) is 5.36. The van der Waals surface area contributed by atoms with Gasteiger partial charge in [-0.25, -0.2) is 0 Å². The van der Waals surface area contributed by atoms with Crippen molar-refractivity contribution in [2.24, 2.45) is 35.5 Å². The van der Waals surface area contributed by atoms with Crippen molar-refractivity contribution in [2.45, 2.75) is 44.6 Å². The fraction of sp³-hybridized carbons (Fsp3) is 1.00. The molecule has 4 rings (SSSR count). The van der Waals surface area contributed by atoms with Gasteiger partial charge in [0.1, 0.15) is 0 Å². The van der Waals surface area contributed by atoms with Gasteiger partial charge >= 0.3 is 0 Å². The SMILES string of the molecule is OC1CC2CC2CC2CC2CC2CC12. The zero-order chi connectivity index (χ0) is 9.28. The summed E-state index contributed by atoms with van der Waals surface area (Å²) in [5.74, 6) is 5.78. The molecule has 78 valence electrons. The highest BCUT2D eigenvalue weighted by Crippen LogP contribution is 2.60. The maximum Gasteiger partial charge on any atom is 0.0573 e. The largest absolute Gasteiger partial charge is 0.393 e. The fourth-order valence-electron chi connectivity index (χ4n) is 4.05. The lowest BCUT2D eigenvalue weighted by atomic mass is 9.99. The Balaban J connectivity index is 1.50. The average molecular weight is 192 g/mol. The van der Waals surface area contributed by atoms with Gasteiger partial charge in [0.2, 0.25) is 0 Å². The van der Waals surface area contributed by atoms with Crippen molar-refractivity contribution in [1.82, 2.24) is 0 Å². The molecule has 7 unspecified atom stereocenters. The van der Waals surface area contributed by atoms with Gasteiger partial charge in [0.15, 0.2) is 0 Å². The lowest BCUT2D eigenvalue weighted by molar-refractivity contribution is 0.124. The smallest absolute Gasteiger partial charge is 0.0573 e. The Morgan fingerprint density at radius 2 is 1.07 bits per heavy atom. The third-order valence-corrected chi connectivity index (χ3v) is 5.36. The highest BCUT2D eigenvalue weighted by molar-refractivity contribution is 5.03. The molecule has 4 saturated carbocycles. The second-order valence-corrected chi connectivity index (χ2v) is 6.45. The molecule has 0 aromatic heterocycles. The van der Waals surface area contributed by atoms with E-state index < -0.39 is 0 Å². The lowest BCUT2D eigenvalue weighted by Gasteiger charge is -2.11. The molecule has 1 N–H and O–H groups in total. The van der Waals surface area contributed by atoms with E-state index in [-0.39, 0.29) is 6.10 Å². The van der Waals surface area contributed by atoms with E-state index in [1.165, 1.54) is 32.1 Å². The summed E-state index contributed by atoms with van der Waals surface area (Å²) in [5, 5.41) is 10.0. The van der Waals surface area contributed by atoms with Crippen LogP contribution in [0.5, 0.6) is 0 Å². The number of hydrogen-bond acceptors (Lipinski definition) is 1. The Morgan fingerprint density at radius 3 is 1.71 bits per heavy atom. The summed E-state index contributed by atoms with van der Waals surface area (Å²) in [6, 6.07) is 0. The minimum Gasteiger partial charge on any atom is -0.393 e. The van der Waals surface area contributed by atoms with E-state index in [9.17, 15) is 5.11 Å². The van der Waals surface area contributed by atoms with Crippen molar-refractivity contribution >= 4 is 0 Å². The van der Waals surface area contributed by atoms with Crippen LogP contribution >= 0.6 is 0 Å². The summed E-state index contributed by atoms with van der Waals surface area (Å²) >= 11 is 0. The van der Waals surface area contributed by atoms with Crippen LogP contribution in [0.4, 0.5) is 0 Å². The summed E-state index contributed by atoms with van der Waals surface area (Å²) in [6.07, 6.45) is 8.51. The first-order valence-corrected chi connectivity index (χ1v) is 6.49.